The molecule has 1 aromatic heterocycles. The SMILES string of the molecule is C/C(=N/Nc1cc(-c2ccccc2C)nc(C)n1)c1ccc(I)cc1. The Balaban J connectivity index is 1.87. The number of benzene rings is 2. The quantitative estimate of drug-likeness (QED) is 0.343. The summed E-state index contributed by atoms with van der Waals surface area (Å²) in [5.41, 5.74) is 8.24. The number of nitrogens with zero attached hydrogens (tertiary/aromatic N) is 3. The fourth-order valence-corrected chi connectivity index (χ4v) is 2.88. The second-order valence-electron chi connectivity index (χ2n) is 5.82. The number of aromatic nitrogens is 2. The summed E-state index contributed by atoms with van der Waals surface area (Å²) in [6.45, 7) is 5.95. The number of nitrogens with one attached hydrogen (secondary N) is 1. The van der Waals surface area contributed by atoms with E-state index in [0.29, 0.717) is 11.6 Å². The molecule has 0 aliphatic heterocycles. The molecule has 0 aliphatic carbocycles. The predicted octanol–water partition coefficient (Wildman–Crippen LogP) is 5.20. The first-order valence-corrected chi connectivity index (χ1v) is 9.09. The van der Waals surface area contributed by atoms with Crippen molar-refractivity contribution in [2.45, 2.75) is 20.8 Å². The van der Waals surface area contributed by atoms with E-state index in [9.17, 15) is 0 Å². The summed E-state index contributed by atoms with van der Waals surface area (Å²) in [7, 11) is 0. The van der Waals surface area contributed by atoms with Gasteiger partial charge in [-0.25, -0.2) is 9.97 Å². The first kappa shape index (κ1) is 17.5. The highest BCUT2D eigenvalue weighted by molar-refractivity contribution is 14.1. The van der Waals surface area contributed by atoms with Crippen LogP contribution >= 0.6 is 22.6 Å². The highest BCUT2D eigenvalue weighted by Gasteiger charge is 2.06. The van der Waals surface area contributed by atoms with E-state index < -0.39 is 0 Å². The Labute approximate surface area is 161 Å². The molecule has 1 N–H and O–H groups in total. The van der Waals surface area contributed by atoms with Gasteiger partial charge in [0.1, 0.15) is 11.6 Å². The van der Waals surface area contributed by atoms with E-state index in [1.165, 1.54) is 9.13 Å². The van der Waals surface area contributed by atoms with Crippen LogP contribution in [0.5, 0.6) is 0 Å². The molecule has 0 spiro atoms. The molecule has 4 nitrogen and oxygen atoms in total. The average Bonchev–Trinajstić information content (AvgIpc) is 2.60. The van der Waals surface area contributed by atoms with Crippen LogP contribution in [0.4, 0.5) is 5.82 Å². The molecule has 0 atom stereocenters. The average molecular weight is 442 g/mol. The third kappa shape index (κ3) is 4.42. The van der Waals surface area contributed by atoms with Crippen LogP contribution in [0.15, 0.2) is 59.7 Å². The minimum atomic E-state index is 0.690. The van der Waals surface area contributed by atoms with Gasteiger partial charge in [0.2, 0.25) is 0 Å². The van der Waals surface area contributed by atoms with Gasteiger partial charge in [0.25, 0.3) is 0 Å². The summed E-state index contributed by atoms with van der Waals surface area (Å²) in [5, 5.41) is 4.47. The molecule has 2 aromatic carbocycles. The zero-order valence-corrected chi connectivity index (χ0v) is 16.6. The molecule has 1 heterocycles. The standard InChI is InChI=1S/C20H19IN4/c1-13-6-4-5-7-18(13)19-12-20(23-15(3)22-19)25-24-14(2)16-8-10-17(21)11-9-16/h4-12H,1-3H3,(H,22,23,25)/b24-14-. The van der Waals surface area contributed by atoms with Crippen molar-refractivity contribution in [3.8, 4) is 11.3 Å². The van der Waals surface area contributed by atoms with Gasteiger partial charge in [0, 0.05) is 15.2 Å². The van der Waals surface area contributed by atoms with Gasteiger partial charge in [-0.05, 0) is 66.6 Å². The number of hydrogen-bond acceptors (Lipinski definition) is 4. The van der Waals surface area contributed by atoms with Crippen molar-refractivity contribution in [3.05, 3.63) is 75.1 Å². The van der Waals surface area contributed by atoms with Gasteiger partial charge >= 0.3 is 0 Å². The highest BCUT2D eigenvalue weighted by atomic mass is 127. The summed E-state index contributed by atoms with van der Waals surface area (Å²) in [6.07, 6.45) is 0. The lowest BCUT2D eigenvalue weighted by atomic mass is 10.1. The van der Waals surface area contributed by atoms with Crippen molar-refractivity contribution in [2.24, 2.45) is 5.10 Å². The lowest BCUT2D eigenvalue weighted by Gasteiger charge is -2.09. The zero-order chi connectivity index (χ0) is 17.8. The number of hydrogen-bond donors (Lipinski definition) is 1. The number of halogens is 1. The minimum Gasteiger partial charge on any atom is -0.261 e. The van der Waals surface area contributed by atoms with Crippen LogP contribution in [0.25, 0.3) is 11.3 Å². The third-order valence-corrected chi connectivity index (χ3v) is 4.58. The predicted molar refractivity (Wildman–Crippen MR) is 112 cm³/mol. The van der Waals surface area contributed by atoms with Crippen molar-refractivity contribution in [2.75, 3.05) is 5.43 Å². The number of aryl methyl sites for hydroxylation is 2. The van der Waals surface area contributed by atoms with E-state index in [4.69, 9.17) is 0 Å². The van der Waals surface area contributed by atoms with E-state index in [0.717, 1.165) is 22.5 Å². The van der Waals surface area contributed by atoms with Crippen LogP contribution in [-0.4, -0.2) is 15.7 Å². The first-order valence-electron chi connectivity index (χ1n) is 8.01. The second kappa shape index (κ2) is 7.74. The fourth-order valence-electron chi connectivity index (χ4n) is 2.52. The molecule has 0 aliphatic rings. The lowest BCUT2D eigenvalue weighted by molar-refractivity contribution is 1.05. The van der Waals surface area contributed by atoms with Crippen molar-refractivity contribution in [1.29, 1.82) is 0 Å². The van der Waals surface area contributed by atoms with Gasteiger partial charge in [0.05, 0.1) is 11.4 Å². The van der Waals surface area contributed by atoms with E-state index in [-0.39, 0.29) is 0 Å². The molecule has 3 rings (SSSR count). The molecule has 0 radical (unpaired) electrons. The molecule has 0 bridgehead atoms. The molecule has 0 amide bonds. The van der Waals surface area contributed by atoms with Crippen LogP contribution in [0.2, 0.25) is 0 Å². The van der Waals surface area contributed by atoms with Gasteiger partial charge in [-0.15, -0.1) is 0 Å². The summed E-state index contributed by atoms with van der Waals surface area (Å²) < 4.78 is 1.21. The van der Waals surface area contributed by atoms with E-state index in [1.54, 1.807) is 0 Å². The maximum absolute atomic E-state index is 4.56. The lowest BCUT2D eigenvalue weighted by Crippen LogP contribution is -2.03. The largest absolute Gasteiger partial charge is 0.261 e. The Hall–Kier alpha value is -2.28. The molecule has 25 heavy (non-hydrogen) atoms. The molecule has 0 saturated heterocycles. The Bertz CT molecular complexity index is 917. The first-order chi connectivity index (χ1) is 12.0. The molecule has 126 valence electrons. The Morgan fingerprint density at radius 3 is 2.44 bits per heavy atom. The van der Waals surface area contributed by atoms with Gasteiger partial charge < -0.3 is 0 Å². The fraction of sp³-hybridized carbons (Fsp3) is 0.150. The minimum absolute atomic E-state index is 0.690. The molecule has 0 unspecified atom stereocenters. The maximum atomic E-state index is 4.56. The van der Waals surface area contributed by atoms with Crippen molar-refractivity contribution in [1.82, 2.24) is 9.97 Å². The topological polar surface area (TPSA) is 50.2 Å². The van der Waals surface area contributed by atoms with E-state index in [1.807, 2.05) is 32.0 Å². The number of hydrazone groups is 1. The van der Waals surface area contributed by atoms with Gasteiger partial charge in [-0.2, -0.15) is 5.10 Å². The maximum Gasteiger partial charge on any atom is 0.150 e. The Morgan fingerprint density at radius 2 is 1.72 bits per heavy atom. The van der Waals surface area contributed by atoms with Crippen molar-refractivity contribution >= 4 is 34.1 Å². The molecular formula is C20H19IN4. The van der Waals surface area contributed by atoms with Gasteiger partial charge in [-0.1, -0.05) is 36.4 Å². The summed E-state index contributed by atoms with van der Waals surface area (Å²) in [5.74, 6) is 1.40. The van der Waals surface area contributed by atoms with E-state index >= 15 is 0 Å². The monoisotopic (exact) mass is 442 g/mol. The molecule has 5 heteroatoms. The summed E-state index contributed by atoms with van der Waals surface area (Å²) in [6, 6.07) is 18.4. The highest BCUT2D eigenvalue weighted by Crippen LogP contribution is 2.23. The summed E-state index contributed by atoms with van der Waals surface area (Å²) >= 11 is 2.29. The van der Waals surface area contributed by atoms with Crippen molar-refractivity contribution in [3.63, 3.8) is 0 Å². The smallest absolute Gasteiger partial charge is 0.150 e. The number of anilines is 1. The zero-order valence-electron chi connectivity index (χ0n) is 14.4. The van der Waals surface area contributed by atoms with Gasteiger partial charge in [-0.3, -0.25) is 5.43 Å². The van der Waals surface area contributed by atoms with Crippen LogP contribution in [0, 0.1) is 17.4 Å². The molecule has 3 aromatic rings. The Kier molecular flexibility index (Phi) is 5.43. The summed E-state index contributed by atoms with van der Waals surface area (Å²) in [4.78, 5) is 9.00. The van der Waals surface area contributed by atoms with E-state index in [2.05, 4.69) is 86.4 Å². The molecule has 0 saturated carbocycles. The molecule has 0 fully saturated rings. The number of rotatable bonds is 4. The van der Waals surface area contributed by atoms with Crippen LogP contribution in [0.1, 0.15) is 23.9 Å². The van der Waals surface area contributed by atoms with Crippen LogP contribution in [-0.2, 0) is 0 Å². The van der Waals surface area contributed by atoms with Crippen LogP contribution < -0.4 is 5.43 Å². The third-order valence-electron chi connectivity index (χ3n) is 3.86. The second-order valence-corrected chi connectivity index (χ2v) is 7.06. The van der Waals surface area contributed by atoms with Gasteiger partial charge in [0.15, 0.2) is 0 Å². The van der Waals surface area contributed by atoms with Crippen LogP contribution in [0.3, 0.4) is 0 Å². The normalized spacial score (nSPS) is 11.4. The Morgan fingerprint density at radius 1 is 1.00 bits per heavy atom. The van der Waals surface area contributed by atoms with Crippen molar-refractivity contribution < 1.29 is 0 Å². The molecular weight excluding hydrogens is 423 g/mol.